The van der Waals surface area contributed by atoms with E-state index in [-0.39, 0.29) is 18.2 Å². The first-order valence-electron chi connectivity index (χ1n) is 7.11. The van der Waals surface area contributed by atoms with Gasteiger partial charge in [-0.1, -0.05) is 42.3 Å². The normalized spacial score (nSPS) is 10.2. The Kier molecular flexibility index (Phi) is 6.02. The number of anilines is 2. The summed E-state index contributed by atoms with van der Waals surface area (Å²) < 4.78 is 0. The quantitative estimate of drug-likeness (QED) is 0.832. The molecule has 120 valence electrons. The molecule has 2 rings (SSSR count). The number of carbonyl (C=O) groups excluding carboxylic acids is 2. The molecule has 0 fully saturated rings. The average molecular weight is 351 g/mol. The standard InChI is InChI=1S/C17H16Cl2N2O2/c1-2-16(22)20-13-7-8-14(19)15(10-13)21-17(23)9-11-3-5-12(18)6-4-11/h3-8,10H,2,9H2,1H3,(H,20,22)(H,21,23). The lowest BCUT2D eigenvalue weighted by Gasteiger charge is -2.10. The molecule has 0 aliphatic carbocycles. The van der Waals surface area contributed by atoms with E-state index in [0.29, 0.717) is 27.8 Å². The second-order valence-electron chi connectivity index (χ2n) is 4.95. The lowest BCUT2D eigenvalue weighted by molar-refractivity contribution is -0.116. The Morgan fingerprint density at radius 1 is 0.957 bits per heavy atom. The van der Waals surface area contributed by atoms with Crippen molar-refractivity contribution in [2.24, 2.45) is 0 Å². The highest BCUT2D eigenvalue weighted by molar-refractivity contribution is 6.34. The molecule has 0 aromatic heterocycles. The third-order valence-electron chi connectivity index (χ3n) is 3.12. The average Bonchev–Trinajstić information content (AvgIpc) is 2.52. The van der Waals surface area contributed by atoms with Crippen LogP contribution >= 0.6 is 23.2 Å². The molecule has 2 aromatic rings. The highest BCUT2D eigenvalue weighted by Gasteiger charge is 2.09. The van der Waals surface area contributed by atoms with Crippen molar-refractivity contribution in [1.29, 1.82) is 0 Å². The van der Waals surface area contributed by atoms with Crippen LogP contribution < -0.4 is 10.6 Å². The van der Waals surface area contributed by atoms with Crippen LogP contribution in [0.1, 0.15) is 18.9 Å². The van der Waals surface area contributed by atoms with E-state index in [1.165, 1.54) is 0 Å². The molecular weight excluding hydrogens is 335 g/mol. The smallest absolute Gasteiger partial charge is 0.228 e. The van der Waals surface area contributed by atoms with Crippen molar-refractivity contribution in [3.8, 4) is 0 Å². The van der Waals surface area contributed by atoms with Gasteiger partial charge in [0.05, 0.1) is 17.1 Å². The van der Waals surface area contributed by atoms with Crippen molar-refractivity contribution >= 4 is 46.4 Å². The van der Waals surface area contributed by atoms with Gasteiger partial charge in [-0.2, -0.15) is 0 Å². The predicted octanol–water partition coefficient (Wildman–Crippen LogP) is 4.52. The van der Waals surface area contributed by atoms with Gasteiger partial charge in [0, 0.05) is 17.1 Å². The van der Waals surface area contributed by atoms with Gasteiger partial charge in [-0.15, -0.1) is 0 Å². The molecule has 0 aliphatic heterocycles. The molecule has 23 heavy (non-hydrogen) atoms. The summed E-state index contributed by atoms with van der Waals surface area (Å²) in [5.74, 6) is -0.307. The molecular formula is C17H16Cl2N2O2. The Bertz CT molecular complexity index is 715. The fourth-order valence-corrected chi connectivity index (χ4v) is 2.22. The van der Waals surface area contributed by atoms with Crippen LogP contribution in [0.15, 0.2) is 42.5 Å². The second-order valence-corrected chi connectivity index (χ2v) is 5.79. The third kappa shape index (κ3) is 5.27. The van der Waals surface area contributed by atoms with Gasteiger partial charge in [-0.3, -0.25) is 9.59 Å². The van der Waals surface area contributed by atoms with E-state index in [4.69, 9.17) is 23.2 Å². The number of amides is 2. The van der Waals surface area contributed by atoms with Crippen molar-refractivity contribution in [2.75, 3.05) is 10.6 Å². The monoisotopic (exact) mass is 350 g/mol. The number of halogens is 2. The Labute approximate surface area is 144 Å². The molecule has 0 heterocycles. The van der Waals surface area contributed by atoms with Crippen LogP contribution in [0.2, 0.25) is 10.0 Å². The summed E-state index contributed by atoms with van der Waals surface area (Å²) in [6.45, 7) is 1.76. The fourth-order valence-electron chi connectivity index (χ4n) is 1.93. The number of hydrogen-bond acceptors (Lipinski definition) is 2. The zero-order valence-electron chi connectivity index (χ0n) is 12.5. The Hall–Kier alpha value is -2.04. The summed E-state index contributed by atoms with van der Waals surface area (Å²) in [5.41, 5.74) is 1.89. The molecule has 0 unspecified atom stereocenters. The SMILES string of the molecule is CCC(=O)Nc1ccc(Cl)c(NC(=O)Cc2ccc(Cl)cc2)c1. The topological polar surface area (TPSA) is 58.2 Å². The number of carbonyl (C=O) groups is 2. The minimum Gasteiger partial charge on any atom is -0.326 e. The van der Waals surface area contributed by atoms with Gasteiger partial charge < -0.3 is 10.6 Å². The molecule has 0 aliphatic rings. The molecule has 0 saturated carbocycles. The summed E-state index contributed by atoms with van der Waals surface area (Å²) in [7, 11) is 0. The van der Waals surface area contributed by atoms with E-state index in [0.717, 1.165) is 5.56 Å². The molecule has 0 bridgehead atoms. The molecule has 2 aromatic carbocycles. The lowest BCUT2D eigenvalue weighted by atomic mass is 10.1. The van der Waals surface area contributed by atoms with E-state index in [1.807, 2.05) is 0 Å². The number of nitrogens with one attached hydrogen (secondary N) is 2. The van der Waals surface area contributed by atoms with E-state index in [2.05, 4.69) is 10.6 Å². The molecule has 0 atom stereocenters. The maximum atomic E-state index is 12.1. The Morgan fingerprint density at radius 3 is 2.30 bits per heavy atom. The van der Waals surface area contributed by atoms with Gasteiger partial charge >= 0.3 is 0 Å². The maximum absolute atomic E-state index is 12.1. The predicted molar refractivity (Wildman–Crippen MR) is 94.2 cm³/mol. The number of benzene rings is 2. The first kappa shape index (κ1) is 17.3. The van der Waals surface area contributed by atoms with Crippen molar-refractivity contribution in [3.05, 3.63) is 58.1 Å². The summed E-state index contributed by atoms with van der Waals surface area (Å²) in [5, 5.41) is 6.50. The fraction of sp³-hybridized carbons (Fsp3) is 0.176. The number of rotatable bonds is 5. The minimum atomic E-state index is -0.201. The lowest BCUT2D eigenvalue weighted by Crippen LogP contribution is -2.15. The second kappa shape index (κ2) is 7.99. The highest BCUT2D eigenvalue weighted by Crippen LogP contribution is 2.26. The molecule has 0 radical (unpaired) electrons. The summed E-state index contributed by atoms with van der Waals surface area (Å²) in [6.07, 6.45) is 0.583. The van der Waals surface area contributed by atoms with Gasteiger partial charge in [0.25, 0.3) is 0 Å². The van der Waals surface area contributed by atoms with Gasteiger partial charge in [0.1, 0.15) is 0 Å². The van der Waals surface area contributed by atoms with Crippen LogP contribution in [-0.4, -0.2) is 11.8 Å². The summed E-state index contributed by atoms with van der Waals surface area (Å²) in [6, 6.07) is 12.0. The van der Waals surface area contributed by atoms with E-state index in [9.17, 15) is 9.59 Å². The van der Waals surface area contributed by atoms with Gasteiger partial charge in [-0.05, 0) is 35.9 Å². The van der Waals surface area contributed by atoms with Crippen LogP contribution in [0.4, 0.5) is 11.4 Å². The van der Waals surface area contributed by atoms with Gasteiger partial charge in [-0.25, -0.2) is 0 Å². The van der Waals surface area contributed by atoms with Crippen molar-refractivity contribution in [2.45, 2.75) is 19.8 Å². The van der Waals surface area contributed by atoms with Crippen LogP contribution in [0, 0.1) is 0 Å². The Morgan fingerprint density at radius 2 is 1.65 bits per heavy atom. The minimum absolute atomic E-state index is 0.106. The first-order chi connectivity index (χ1) is 11.0. The van der Waals surface area contributed by atoms with Crippen molar-refractivity contribution in [3.63, 3.8) is 0 Å². The van der Waals surface area contributed by atoms with Crippen LogP contribution in [0.5, 0.6) is 0 Å². The molecule has 4 nitrogen and oxygen atoms in total. The summed E-state index contributed by atoms with van der Waals surface area (Å²) in [4.78, 5) is 23.5. The zero-order valence-corrected chi connectivity index (χ0v) is 14.0. The van der Waals surface area contributed by atoms with Crippen LogP contribution in [-0.2, 0) is 16.0 Å². The first-order valence-corrected chi connectivity index (χ1v) is 7.87. The highest BCUT2D eigenvalue weighted by atomic mass is 35.5. The molecule has 0 saturated heterocycles. The summed E-state index contributed by atoms with van der Waals surface area (Å²) >= 11 is 11.9. The largest absolute Gasteiger partial charge is 0.326 e. The van der Waals surface area contributed by atoms with Gasteiger partial charge in [0.2, 0.25) is 11.8 Å². The zero-order chi connectivity index (χ0) is 16.8. The molecule has 2 amide bonds. The molecule has 6 heteroatoms. The third-order valence-corrected chi connectivity index (χ3v) is 3.70. The Balaban J connectivity index is 2.06. The molecule has 0 spiro atoms. The van der Waals surface area contributed by atoms with Crippen molar-refractivity contribution < 1.29 is 9.59 Å². The van der Waals surface area contributed by atoms with E-state index in [1.54, 1.807) is 49.4 Å². The number of hydrogen-bond donors (Lipinski definition) is 2. The van der Waals surface area contributed by atoms with Crippen LogP contribution in [0.3, 0.4) is 0 Å². The van der Waals surface area contributed by atoms with E-state index < -0.39 is 0 Å². The van der Waals surface area contributed by atoms with Gasteiger partial charge in [0.15, 0.2) is 0 Å². The maximum Gasteiger partial charge on any atom is 0.228 e. The van der Waals surface area contributed by atoms with Crippen molar-refractivity contribution in [1.82, 2.24) is 0 Å². The molecule has 2 N–H and O–H groups in total. The van der Waals surface area contributed by atoms with E-state index >= 15 is 0 Å². The van der Waals surface area contributed by atoms with Crippen LogP contribution in [0.25, 0.3) is 0 Å².